The summed E-state index contributed by atoms with van der Waals surface area (Å²) < 4.78 is 5.59. The van der Waals surface area contributed by atoms with Crippen molar-refractivity contribution in [2.45, 2.75) is 32.1 Å². The third kappa shape index (κ3) is 5.19. The molecule has 0 saturated carbocycles. The van der Waals surface area contributed by atoms with E-state index in [0.717, 1.165) is 24.3 Å². The summed E-state index contributed by atoms with van der Waals surface area (Å²) in [4.78, 5) is 29.2. The summed E-state index contributed by atoms with van der Waals surface area (Å²) in [6.07, 6.45) is 3.99. The Hall–Kier alpha value is -2.86. The molecule has 2 aromatic carbocycles. The second-order valence-electron chi connectivity index (χ2n) is 7.91. The lowest BCUT2D eigenvalue weighted by molar-refractivity contribution is -0.122. The van der Waals surface area contributed by atoms with Gasteiger partial charge < -0.3 is 19.9 Å². The van der Waals surface area contributed by atoms with Gasteiger partial charge in [-0.2, -0.15) is 0 Å². The van der Waals surface area contributed by atoms with Crippen LogP contribution < -0.4 is 15.0 Å². The molecule has 6 nitrogen and oxygen atoms in total. The number of carbonyl (C=O) groups excluding carboxylic acids is 2. The molecule has 2 amide bonds. The van der Waals surface area contributed by atoms with Gasteiger partial charge in [-0.25, -0.2) is 0 Å². The van der Waals surface area contributed by atoms with Gasteiger partial charge in [0.1, 0.15) is 12.4 Å². The standard InChI is InChI=1S/C24H29N3O3/c28-23(11-12-24(29)27-17-18-30-22-6-2-1-5-21(22)27)25-20-9-7-19(8-10-20)13-16-26-14-3-4-15-26/h1-2,5-10H,3-4,11-18H2,(H,25,28). The Morgan fingerprint density at radius 1 is 0.933 bits per heavy atom. The van der Waals surface area contributed by atoms with Gasteiger partial charge in [0.15, 0.2) is 0 Å². The molecule has 1 fully saturated rings. The number of ether oxygens (including phenoxy) is 1. The molecule has 30 heavy (non-hydrogen) atoms. The molecule has 1 saturated heterocycles. The van der Waals surface area contributed by atoms with Crippen LogP contribution in [0.3, 0.4) is 0 Å². The molecular weight excluding hydrogens is 378 g/mol. The second kappa shape index (κ2) is 9.76. The van der Waals surface area contributed by atoms with Crippen molar-refractivity contribution in [3.05, 3.63) is 54.1 Å². The number of carbonyl (C=O) groups is 2. The second-order valence-corrected chi connectivity index (χ2v) is 7.91. The van der Waals surface area contributed by atoms with Gasteiger partial charge in [-0.05, 0) is 62.2 Å². The summed E-state index contributed by atoms with van der Waals surface area (Å²) in [7, 11) is 0. The predicted molar refractivity (Wildman–Crippen MR) is 118 cm³/mol. The Bertz CT molecular complexity index is 876. The fraction of sp³-hybridized carbons (Fsp3) is 0.417. The Balaban J connectivity index is 1.23. The number of hydrogen-bond donors (Lipinski definition) is 1. The molecule has 2 aromatic rings. The molecule has 6 heteroatoms. The maximum atomic E-state index is 12.6. The van der Waals surface area contributed by atoms with Crippen molar-refractivity contribution in [3.8, 4) is 5.75 Å². The summed E-state index contributed by atoms with van der Waals surface area (Å²) in [6, 6.07) is 15.5. The first-order chi connectivity index (χ1) is 14.7. The summed E-state index contributed by atoms with van der Waals surface area (Å²) >= 11 is 0. The highest BCUT2D eigenvalue weighted by Gasteiger charge is 2.23. The van der Waals surface area contributed by atoms with Crippen molar-refractivity contribution in [3.63, 3.8) is 0 Å². The largest absolute Gasteiger partial charge is 0.490 e. The molecule has 4 rings (SSSR count). The number of nitrogens with zero attached hydrogens (tertiary/aromatic N) is 2. The average molecular weight is 408 g/mol. The minimum absolute atomic E-state index is 0.0573. The molecular formula is C24H29N3O3. The maximum Gasteiger partial charge on any atom is 0.227 e. The van der Waals surface area contributed by atoms with E-state index in [9.17, 15) is 9.59 Å². The van der Waals surface area contributed by atoms with Gasteiger partial charge in [-0.3, -0.25) is 9.59 Å². The molecule has 2 heterocycles. The van der Waals surface area contributed by atoms with Crippen molar-refractivity contribution < 1.29 is 14.3 Å². The molecule has 0 aliphatic carbocycles. The van der Waals surface area contributed by atoms with E-state index in [0.29, 0.717) is 18.9 Å². The number of fused-ring (bicyclic) bond motifs is 1. The fourth-order valence-corrected chi connectivity index (χ4v) is 4.06. The van der Waals surface area contributed by atoms with E-state index in [1.54, 1.807) is 4.90 Å². The minimum Gasteiger partial charge on any atom is -0.490 e. The van der Waals surface area contributed by atoms with E-state index in [4.69, 9.17) is 4.74 Å². The number of likely N-dealkylation sites (tertiary alicyclic amines) is 1. The number of anilines is 2. The zero-order valence-corrected chi connectivity index (χ0v) is 17.3. The molecule has 2 aliphatic rings. The van der Waals surface area contributed by atoms with Crippen molar-refractivity contribution in [1.82, 2.24) is 4.90 Å². The third-order valence-electron chi connectivity index (χ3n) is 5.75. The Kier molecular flexibility index (Phi) is 6.64. The van der Waals surface area contributed by atoms with Crippen molar-refractivity contribution in [2.24, 2.45) is 0 Å². The van der Waals surface area contributed by atoms with Crippen LogP contribution in [0.5, 0.6) is 5.75 Å². The number of benzene rings is 2. The Morgan fingerprint density at radius 3 is 2.50 bits per heavy atom. The fourth-order valence-electron chi connectivity index (χ4n) is 4.06. The van der Waals surface area contributed by atoms with E-state index in [1.165, 1.54) is 31.5 Å². The van der Waals surface area contributed by atoms with Crippen LogP contribution in [0.2, 0.25) is 0 Å². The van der Waals surface area contributed by atoms with Crippen molar-refractivity contribution >= 4 is 23.2 Å². The highest BCUT2D eigenvalue weighted by atomic mass is 16.5. The summed E-state index contributed by atoms with van der Waals surface area (Å²) in [6.45, 7) is 4.50. The van der Waals surface area contributed by atoms with E-state index < -0.39 is 0 Å². The number of para-hydroxylation sites is 2. The molecule has 0 unspecified atom stereocenters. The SMILES string of the molecule is O=C(CCC(=O)N1CCOc2ccccc21)Nc1ccc(CCN2CCCC2)cc1. The number of hydrogen-bond acceptors (Lipinski definition) is 4. The van der Waals surface area contributed by atoms with E-state index in [1.807, 2.05) is 36.4 Å². The van der Waals surface area contributed by atoms with Gasteiger partial charge in [0.25, 0.3) is 0 Å². The molecule has 0 bridgehead atoms. The molecule has 158 valence electrons. The van der Waals surface area contributed by atoms with Gasteiger partial charge >= 0.3 is 0 Å². The van der Waals surface area contributed by atoms with Crippen LogP contribution in [0.25, 0.3) is 0 Å². The van der Waals surface area contributed by atoms with Crippen LogP contribution in [0.15, 0.2) is 48.5 Å². The van der Waals surface area contributed by atoms with E-state index in [2.05, 4.69) is 22.3 Å². The molecule has 0 spiro atoms. The van der Waals surface area contributed by atoms with E-state index >= 15 is 0 Å². The number of nitrogens with one attached hydrogen (secondary N) is 1. The quantitative estimate of drug-likeness (QED) is 0.764. The van der Waals surface area contributed by atoms with Crippen LogP contribution in [-0.2, 0) is 16.0 Å². The minimum atomic E-state index is -0.144. The maximum absolute atomic E-state index is 12.6. The normalized spacial score (nSPS) is 16.1. The van der Waals surface area contributed by atoms with Gasteiger partial charge in [0.2, 0.25) is 11.8 Å². The highest BCUT2D eigenvalue weighted by Crippen LogP contribution is 2.31. The summed E-state index contributed by atoms with van der Waals surface area (Å²) in [5, 5.41) is 2.90. The first kappa shape index (κ1) is 20.4. The first-order valence-electron chi connectivity index (χ1n) is 10.8. The third-order valence-corrected chi connectivity index (χ3v) is 5.75. The Labute approximate surface area is 177 Å². The topological polar surface area (TPSA) is 61.9 Å². The molecule has 0 aromatic heterocycles. The molecule has 2 aliphatic heterocycles. The predicted octanol–water partition coefficient (Wildman–Crippen LogP) is 3.47. The van der Waals surface area contributed by atoms with Gasteiger partial charge in [-0.15, -0.1) is 0 Å². The van der Waals surface area contributed by atoms with Gasteiger partial charge in [-0.1, -0.05) is 24.3 Å². The monoisotopic (exact) mass is 407 g/mol. The molecule has 0 radical (unpaired) electrons. The molecule has 0 atom stereocenters. The van der Waals surface area contributed by atoms with Crippen LogP contribution in [0.4, 0.5) is 11.4 Å². The Morgan fingerprint density at radius 2 is 1.70 bits per heavy atom. The first-order valence-corrected chi connectivity index (χ1v) is 10.8. The van der Waals surface area contributed by atoms with Gasteiger partial charge in [0, 0.05) is 25.1 Å². The smallest absolute Gasteiger partial charge is 0.227 e. The lowest BCUT2D eigenvalue weighted by Crippen LogP contribution is -2.38. The van der Waals surface area contributed by atoms with E-state index in [-0.39, 0.29) is 24.7 Å². The number of rotatable bonds is 7. The zero-order valence-electron chi connectivity index (χ0n) is 17.3. The highest BCUT2D eigenvalue weighted by molar-refractivity contribution is 5.99. The lowest BCUT2D eigenvalue weighted by Gasteiger charge is -2.29. The van der Waals surface area contributed by atoms with Crippen LogP contribution in [-0.4, -0.2) is 49.5 Å². The van der Waals surface area contributed by atoms with Gasteiger partial charge in [0.05, 0.1) is 12.2 Å². The molecule has 1 N–H and O–H groups in total. The van der Waals surface area contributed by atoms with Crippen molar-refractivity contribution in [1.29, 1.82) is 0 Å². The zero-order chi connectivity index (χ0) is 20.8. The summed E-state index contributed by atoms with van der Waals surface area (Å²) in [5.74, 6) is 0.513. The van der Waals surface area contributed by atoms with Crippen LogP contribution in [0, 0.1) is 0 Å². The number of amides is 2. The van der Waals surface area contributed by atoms with Crippen molar-refractivity contribution in [2.75, 3.05) is 43.0 Å². The summed E-state index contributed by atoms with van der Waals surface area (Å²) in [5.41, 5.74) is 2.83. The van der Waals surface area contributed by atoms with Crippen LogP contribution in [0.1, 0.15) is 31.2 Å². The average Bonchev–Trinajstić information content (AvgIpc) is 3.30. The lowest BCUT2D eigenvalue weighted by atomic mass is 10.1. The van der Waals surface area contributed by atoms with Crippen LogP contribution >= 0.6 is 0 Å².